The van der Waals surface area contributed by atoms with Crippen LogP contribution >= 0.6 is 0 Å². The average molecular weight is 439 g/mol. The molecule has 0 aliphatic carbocycles. The Morgan fingerprint density at radius 2 is 0.939 bits per heavy atom. The molecule has 5 rings (SSSR count). The molecule has 0 saturated carbocycles. The zero-order chi connectivity index (χ0) is 23.6. The number of rotatable bonds is 2. The zero-order valence-electron chi connectivity index (χ0n) is 21.4. The Balaban J connectivity index is 1.72. The van der Waals surface area contributed by atoms with Crippen molar-refractivity contribution >= 4 is 22.8 Å². The summed E-state index contributed by atoms with van der Waals surface area (Å²) >= 11 is 0. The van der Waals surface area contributed by atoms with E-state index in [2.05, 4.69) is 112 Å². The molecule has 0 spiro atoms. The minimum atomic E-state index is 0.379. The highest BCUT2D eigenvalue weighted by molar-refractivity contribution is 5.96. The van der Waals surface area contributed by atoms with Crippen molar-refractivity contribution in [1.29, 1.82) is 0 Å². The number of aromatic nitrogens is 1. The second-order valence-electron chi connectivity index (χ2n) is 10.2. The monoisotopic (exact) mass is 438 g/mol. The minimum absolute atomic E-state index is 0.379. The van der Waals surface area contributed by atoms with Gasteiger partial charge in [0.25, 0.3) is 28.9 Å². The minimum Gasteiger partial charge on any atom is -0.183 e. The maximum atomic E-state index is 2.59. The third-order valence-electron chi connectivity index (χ3n) is 7.54. The second-order valence-corrected chi connectivity index (χ2v) is 10.2. The lowest BCUT2D eigenvalue weighted by molar-refractivity contribution is -0.781. The summed E-state index contributed by atoms with van der Waals surface area (Å²) < 4.78 is 7.73. The molecule has 2 aliphatic heterocycles. The first-order chi connectivity index (χ1) is 15.7. The lowest BCUT2D eigenvalue weighted by atomic mass is 9.98. The van der Waals surface area contributed by atoms with Crippen LogP contribution in [0.15, 0.2) is 42.5 Å². The average Bonchev–Trinajstić information content (AvgIpc) is 2.72. The van der Waals surface area contributed by atoms with Crippen LogP contribution in [0.3, 0.4) is 0 Å². The molecule has 2 aromatic carbocycles. The normalized spacial score (nSPS) is 15.9. The number of benzene rings is 2. The fraction of sp³-hybridized carbons (Fsp3) is 0.367. The molecule has 0 saturated heterocycles. The lowest BCUT2D eigenvalue weighted by Crippen LogP contribution is -2.61. The van der Waals surface area contributed by atoms with Crippen LogP contribution in [0.25, 0.3) is 0 Å². The summed E-state index contributed by atoms with van der Waals surface area (Å²) in [5, 5.41) is 0. The van der Waals surface area contributed by atoms with Gasteiger partial charge in [-0.2, -0.15) is 13.7 Å². The van der Waals surface area contributed by atoms with Crippen LogP contribution in [0.2, 0.25) is 0 Å². The second kappa shape index (κ2) is 7.76. The van der Waals surface area contributed by atoms with E-state index in [0.29, 0.717) is 6.04 Å². The topological polar surface area (TPSA) is 9.90 Å². The Morgan fingerprint density at radius 1 is 0.576 bits per heavy atom. The molecule has 2 aliphatic rings. The van der Waals surface area contributed by atoms with Crippen LogP contribution in [-0.2, 0) is 0 Å². The molecule has 3 heteroatoms. The molecular formula is C30H36N3+3. The Kier molecular flexibility index (Phi) is 5.12. The molecule has 0 bridgehead atoms. The van der Waals surface area contributed by atoms with Crippen molar-refractivity contribution in [2.75, 3.05) is 13.1 Å². The third kappa shape index (κ3) is 3.37. The van der Waals surface area contributed by atoms with E-state index >= 15 is 0 Å². The summed E-state index contributed by atoms with van der Waals surface area (Å²) in [6, 6.07) is 16.5. The van der Waals surface area contributed by atoms with Crippen molar-refractivity contribution in [2.24, 2.45) is 0 Å². The summed E-state index contributed by atoms with van der Waals surface area (Å²) in [5.74, 6) is 0. The molecular weight excluding hydrogens is 402 g/mol. The Labute approximate surface area is 198 Å². The zero-order valence-corrected chi connectivity index (χ0v) is 21.4. The first kappa shape index (κ1) is 21.8. The molecule has 0 atom stereocenters. The maximum Gasteiger partial charge on any atom is 0.275 e. The van der Waals surface area contributed by atoms with Gasteiger partial charge in [0, 0.05) is 48.2 Å². The first-order valence-corrected chi connectivity index (χ1v) is 12.1. The molecule has 0 fully saturated rings. The summed E-state index contributed by atoms with van der Waals surface area (Å²) in [7, 11) is 0. The van der Waals surface area contributed by atoms with Gasteiger partial charge < -0.3 is 0 Å². The number of aryl methyl sites for hydroxylation is 6. The molecule has 1 aromatic heterocycles. The molecule has 3 heterocycles. The van der Waals surface area contributed by atoms with Crippen LogP contribution < -0.4 is 4.57 Å². The first-order valence-electron chi connectivity index (χ1n) is 12.1. The summed E-state index contributed by atoms with van der Waals surface area (Å²) in [6.07, 6.45) is 0. The van der Waals surface area contributed by atoms with Gasteiger partial charge >= 0.3 is 0 Å². The summed E-state index contributed by atoms with van der Waals surface area (Å²) in [5.41, 5.74) is 16.2. The van der Waals surface area contributed by atoms with Crippen molar-refractivity contribution in [3.05, 3.63) is 87.2 Å². The Morgan fingerprint density at radius 3 is 1.30 bits per heavy atom. The van der Waals surface area contributed by atoms with Gasteiger partial charge in [0.2, 0.25) is 24.5 Å². The number of hydrogen-bond acceptors (Lipinski definition) is 0. The quantitative estimate of drug-likeness (QED) is 0.454. The van der Waals surface area contributed by atoms with Gasteiger partial charge in [-0.3, -0.25) is 0 Å². The van der Waals surface area contributed by atoms with E-state index in [0.717, 1.165) is 13.1 Å². The fourth-order valence-electron chi connectivity index (χ4n) is 6.41. The molecule has 3 aromatic rings. The fourth-order valence-corrected chi connectivity index (χ4v) is 6.41. The highest BCUT2D eigenvalue weighted by Gasteiger charge is 2.48. The SMILES string of the molecule is CC1=[N+](c2c(C)cc(C)cc2C)CC2C[N+](c3c(C)cc(C)cc3C)=C(C)c3cccc1[n+]32. The number of nitrogens with zero attached hydrogens (tertiary/aromatic N) is 3. The van der Waals surface area contributed by atoms with E-state index in [9.17, 15) is 0 Å². The van der Waals surface area contributed by atoms with E-state index in [-0.39, 0.29) is 0 Å². The van der Waals surface area contributed by atoms with Gasteiger partial charge in [-0.1, -0.05) is 11.1 Å². The van der Waals surface area contributed by atoms with Crippen LogP contribution in [0.4, 0.5) is 11.4 Å². The molecule has 0 N–H and O–H groups in total. The smallest absolute Gasteiger partial charge is 0.183 e. The largest absolute Gasteiger partial charge is 0.275 e. The number of pyridine rings is 1. The van der Waals surface area contributed by atoms with Crippen LogP contribution in [0, 0.1) is 41.5 Å². The van der Waals surface area contributed by atoms with Gasteiger partial charge in [-0.15, -0.1) is 0 Å². The summed E-state index contributed by atoms with van der Waals surface area (Å²) in [4.78, 5) is 0. The van der Waals surface area contributed by atoms with Gasteiger partial charge in [-0.25, -0.2) is 0 Å². The van der Waals surface area contributed by atoms with Crippen molar-refractivity contribution in [3.8, 4) is 0 Å². The number of hydrogen-bond donors (Lipinski definition) is 0. The Hall–Kier alpha value is -3.07. The third-order valence-corrected chi connectivity index (χ3v) is 7.54. The molecule has 33 heavy (non-hydrogen) atoms. The highest BCUT2D eigenvalue weighted by Crippen LogP contribution is 2.32. The lowest BCUT2D eigenvalue weighted by Gasteiger charge is -2.25. The van der Waals surface area contributed by atoms with E-state index in [4.69, 9.17) is 0 Å². The standard InChI is InChI=1S/C30H36N3/c1-18-12-20(3)29(21(4)13-18)31-16-26-17-32(30-22(5)14-19(2)15-23(30)6)25(8)28-11-9-10-27(24(31)7)33(26)28/h9-15,26H,16-17H2,1-8H3/q+3. The molecule has 0 amide bonds. The van der Waals surface area contributed by atoms with Crippen molar-refractivity contribution < 1.29 is 13.7 Å². The van der Waals surface area contributed by atoms with Gasteiger partial charge in [0.05, 0.1) is 0 Å². The highest BCUT2D eigenvalue weighted by atomic mass is 15.2. The van der Waals surface area contributed by atoms with Crippen LogP contribution in [0.1, 0.15) is 64.7 Å². The molecule has 3 nitrogen and oxygen atoms in total. The molecule has 168 valence electrons. The predicted molar refractivity (Wildman–Crippen MR) is 136 cm³/mol. The van der Waals surface area contributed by atoms with Crippen molar-refractivity contribution in [2.45, 2.75) is 61.4 Å². The van der Waals surface area contributed by atoms with E-state index in [1.54, 1.807) is 0 Å². The van der Waals surface area contributed by atoms with Gasteiger partial charge in [-0.05, 0) is 71.9 Å². The predicted octanol–water partition coefficient (Wildman–Crippen LogP) is 5.70. The maximum absolute atomic E-state index is 2.59. The summed E-state index contributed by atoms with van der Waals surface area (Å²) in [6.45, 7) is 19.9. The van der Waals surface area contributed by atoms with Crippen LogP contribution in [-0.4, -0.2) is 33.7 Å². The molecule has 0 unspecified atom stereocenters. The van der Waals surface area contributed by atoms with E-state index in [1.165, 1.54) is 67.6 Å². The van der Waals surface area contributed by atoms with E-state index in [1.807, 2.05) is 0 Å². The van der Waals surface area contributed by atoms with Crippen LogP contribution in [0.5, 0.6) is 0 Å². The van der Waals surface area contributed by atoms with Crippen molar-refractivity contribution in [3.63, 3.8) is 0 Å². The van der Waals surface area contributed by atoms with E-state index < -0.39 is 0 Å². The van der Waals surface area contributed by atoms with Gasteiger partial charge in [0.1, 0.15) is 0 Å². The Bertz CT molecular complexity index is 1240. The van der Waals surface area contributed by atoms with Gasteiger partial charge in [0.15, 0.2) is 0 Å². The molecule has 0 radical (unpaired) electrons. The van der Waals surface area contributed by atoms with Crippen molar-refractivity contribution in [1.82, 2.24) is 0 Å².